The van der Waals surface area contributed by atoms with Gasteiger partial charge in [0.2, 0.25) is 0 Å². The molecule has 0 saturated carbocycles. The molecule has 3 heteroatoms. The zero-order valence-corrected chi connectivity index (χ0v) is 11.9. The topological polar surface area (TPSA) is 44.5 Å². The number of benzene rings is 1. The van der Waals surface area contributed by atoms with Crippen molar-refractivity contribution in [3.8, 4) is 11.5 Å². The highest BCUT2D eigenvalue weighted by Crippen LogP contribution is 2.29. The third kappa shape index (κ3) is 3.91. The van der Waals surface area contributed by atoms with Crippen LogP contribution in [0.1, 0.15) is 27.2 Å². The van der Waals surface area contributed by atoms with E-state index < -0.39 is 0 Å². The maximum atomic E-state index is 5.85. The van der Waals surface area contributed by atoms with Crippen molar-refractivity contribution >= 4 is 0 Å². The molecule has 1 aromatic rings. The van der Waals surface area contributed by atoms with Crippen molar-refractivity contribution in [1.29, 1.82) is 0 Å². The SMILES string of the molecule is COc1ccc(OCCC(C)(CN)C(C)C)cc1. The number of rotatable bonds is 7. The van der Waals surface area contributed by atoms with E-state index in [0.29, 0.717) is 19.1 Å². The summed E-state index contributed by atoms with van der Waals surface area (Å²) in [7, 11) is 1.66. The fraction of sp³-hybridized carbons (Fsp3) is 0.600. The molecule has 0 saturated heterocycles. The summed E-state index contributed by atoms with van der Waals surface area (Å²) in [5, 5.41) is 0. The first-order chi connectivity index (χ1) is 8.51. The van der Waals surface area contributed by atoms with Gasteiger partial charge in [0.1, 0.15) is 11.5 Å². The second-order valence-electron chi connectivity index (χ2n) is 5.29. The Balaban J connectivity index is 2.45. The average Bonchev–Trinajstić information content (AvgIpc) is 2.39. The van der Waals surface area contributed by atoms with Crippen LogP contribution in [-0.2, 0) is 0 Å². The van der Waals surface area contributed by atoms with Gasteiger partial charge in [-0.1, -0.05) is 20.8 Å². The molecule has 0 fully saturated rings. The van der Waals surface area contributed by atoms with Crippen LogP contribution in [0.2, 0.25) is 0 Å². The fourth-order valence-corrected chi connectivity index (χ4v) is 1.70. The molecule has 3 nitrogen and oxygen atoms in total. The summed E-state index contributed by atoms with van der Waals surface area (Å²) in [4.78, 5) is 0. The largest absolute Gasteiger partial charge is 0.497 e. The van der Waals surface area contributed by atoms with Gasteiger partial charge in [-0.3, -0.25) is 0 Å². The lowest BCUT2D eigenvalue weighted by atomic mass is 9.77. The molecule has 0 amide bonds. The molecule has 2 N–H and O–H groups in total. The van der Waals surface area contributed by atoms with Gasteiger partial charge in [0.25, 0.3) is 0 Å². The number of ether oxygens (including phenoxy) is 2. The highest BCUT2D eigenvalue weighted by Gasteiger charge is 2.26. The van der Waals surface area contributed by atoms with Gasteiger partial charge in [-0.15, -0.1) is 0 Å². The van der Waals surface area contributed by atoms with Gasteiger partial charge in [-0.2, -0.15) is 0 Å². The summed E-state index contributed by atoms with van der Waals surface area (Å²) in [6, 6.07) is 7.65. The van der Waals surface area contributed by atoms with E-state index in [9.17, 15) is 0 Å². The molecule has 0 radical (unpaired) electrons. The van der Waals surface area contributed by atoms with Gasteiger partial charge in [0.05, 0.1) is 13.7 Å². The summed E-state index contributed by atoms with van der Waals surface area (Å²) in [6.07, 6.45) is 0.965. The molecular formula is C15H25NO2. The number of hydrogen-bond donors (Lipinski definition) is 1. The van der Waals surface area contributed by atoms with Crippen LogP contribution >= 0.6 is 0 Å². The number of methoxy groups -OCH3 is 1. The third-order valence-electron chi connectivity index (χ3n) is 3.86. The second kappa shape index (κ2) is 6.64. The second-order valence-corrected chi connectivity index (χ2v) is 5.29. The molecule has 0 aromatic heterocycles. The monoisotopic (exact) mass is 251 g/mol. The van der Waals surface area contributed by atoms with Gasteiger partial charge in [0, 0.05) is 0 Å². The summed E-state index contributed by atoms with van der Waals surface area (Å²) in [5.41, 5.74) is 6.00. The Morgan fingerprint density at radius 1 is 1.17 bits per heavy atom. The highest BCUT2D eigenvalue weighted by atomic mass is 16.5. The summed E-state index contributed by atoms with van der Waals surface area (Å²) < 4.78 is 10.8. The fourth-order valence-electron chi connectivity index (χ4n) is 1.70. The lowest BCUT2D eigenvalue weighted by molar-refractivity contribution is 0.162. The maximum Gasteiger partial charge on any atom is 0.119 e. The minimum atomic E-state index is 0.145. The summed E-state index contributed by atoms with van der Waals surface area (Å²) >= 11 is 0. The van der Waals surface area contributed by atoms with E-state index in [1.54, 1.807) is 7.11 Å². The molecule has 0 aliphatic heterocycles. The van der Waals surface area contributed by atoms with Gasteiger partial charge in [-0.05, 0) is 48.6 Å². The minimum absolute atomic E-state index is 0.145. The molecule has 1 aromatic carbocycles. The van der Waals surface area contributed by atoms with Gasteiger partial charge in [0.15, 0.2) is 0 Å². The Hall–Kier alpha value is -1.22. The summed E-state index contributed by atoms with van der Waals surface area (Å²) in [5.74, 6) is 2.28. The van der Waals surface area contributed by atoms with E-state index in [1.807, 2.05) is 24.3 Å². The highest BCUT2D eigenvalue weighted by molar-refractivity contribution is 5.31. The Kier molecular flexibility index (Phi) is 5.48. The number of nitrogens with two attached hydrogens (primary N) is 1. The standard InChI is InChI=1S/C15H25NO2/c1-12(2)15(3,11-16)9-10-18-14-7-5-13(17-4)6-8-14/h5-8,12H,9-11,16H2,1-4H3. The first-order valence-electron chi connectivity index (χ1n) is 6.49. The van der Waals surface area contributed by atoms with Crippen LogP contribution in [0, 0.1) is 11.3 Å². The molecule has 0 aliphatic carbocycles. The van der Waals surface area contributed by atoms with Crippen LogP contribution in [0.25, 0.3) is 0 Å². The van der Waals surface area contributed by atoms with Gasteiger partial charge in [-0.25, -0.2) is 0 Å². The van der Waals surface area contributed by atoms with Crippen LogP contribution in [0.15, 0.2) is 24.3 Å². The van der Waals surface area contributed by atoms with Crippen molar-refractivity contribution in [2.75, 3.05) is 20.3 Å². The van der Waals surface area contributed by atoms with Crippen LogP contribution in [0.5, 0.6) is 11.5 Å². The molecule has 1 atom stereocenters. The molecule has 0 aliphatic rings. The van der Waals surface area contributed by atoms with Gasteiger partial charge >= 0.3 is 0 Å². The van der Waals surface area contributed by atoms with Gasteiger partial charge < -0.3 is 15.2 Å². The van der Waals surface area contributed by atoms with Crippen molar-refractivity contribution < 1.29 is 9.47 Å². The van der Waals surface area contributed by atoms with Crippen molar-refractivity contribution in [3.63, 3.8) is 0 Å². The van der Waals surface area contributed by atoms with Crippen LogP contribution < -0.4 is 15.2 Å². The van der Waals surface area contributed by atoms with E-state index in [0.717, 1.165) is 17.9 Å². The average molecular weight is 251 g/mol. The molecule has 0 bridgehead atoms. The molecule has 18 heavy (non-hydrogen) atoms. The maximum absolute atomic E-state index is 5.85. The minimum Gasteiger partial charge on any atom is -0.497 e. The van der Waals surface area contributed by atoms with Crippen molar-refractivity contribution in [2.24, 2.45) is 17.1 Å². The van der Waals surface area contributed by atoms with Crippen molar-refractivity contribution in [3.05, 3.63) is 24.3 Å². The van der Waals surface area contributed by atoms with Crippen LogP contribution in [0.3, 0.4) is 0 Å². The first kappa shape index (κ1) is 14.8. The van der Waals surface area contributed by atoms with Crippen molar-refractivity contribution in [2.45, 2.75) is 27.2 Å². The Morgan fingerprint density at radius 2 is 1.72 bits per heavy atom. The number of hydrogen-bond acceptors (Lipinski definition) is 3. The molecule has 1 unspecified atom stereocenters. The summed E-state index contributed by atoms with van der Waals surface area (Å²) in [6.45, 7) is 8.02. The zero-order chi connectivity index (χ0) is 13.6. The molecule has 0 spiro atoms. The lowest BCUT2D eigenvalue weighted by Gasteiger charge is -2.32. The molecule has 102 valence electrons. The molecule has 1 rings (SSSR count). The zero-order valence-electron chi connectivity index (χ0n) is 11.9. The van der Waals surface area contributed by atoms with Crippen molar-refractivity contribution in [1.82, 2.24) is 0 Å². The van der Waals surface area contributed by atoms with Crippen LogP contribution in [-0.4, -0.2) is 20.3 Å². The Bertz CT molecular complexity index is 348. The van der Waals surface area contributed by atoms with E-state index >= 15 is 0 Å². The van der Waals surface area contributed by atoms with E-state index in [1.165, 1.54) is 0 Å². The van der Waals surface area contributed by atoms with E-state index in [4.69, 9.17) is 15.2 Å². The Labute approximate surface area is 110 Å². The third-order valence-corrected chi connectivity index (χ3v) is 3.86. The smallest absolute Gasteiger partial charge is 0.119 e. The quantitative estimate of drug-likeness (QED) is 0.810. The Morgan fingerprint density at radius 3 is 2.17 bits per heavy atom. The predicted octanol–water partition coefficient (Wildman–Crippen LogP) is 3.09. The van der Waals surface area contributed by atoms with Crippen LogP contribution in [0.4, 0.5) is 0 Å². The first-order valence-corrected chi connectivity index (χ1v) is 6.49. The molecular weight excluding hydrogens is 226 g/mol. The van der Waals surface area contributed by atoms with E-state index in [2.05, 4.69) is 20.8 Å². The van der Waals surface area contributed by atoms with E-state index in [-0.39, 0.29) is 5.41 Å². The predicted molar refractivity (Wildman–Crippen MR) is 75.1 cm³/mol. The lowest BCUT2D eigenvalue weighted by Crippen LogP contribution is -2.34. The molecule has 0 heterocycles. The normalized spacial score (nSPS) is 14.3.